The molecule has 2 N–H and O–H groups in total. The van der Waals surface area contributed by atoms with Gasteiger partial charge in [-0.05, 0) is 37.3 Å². The van der Waals surface area contributed by atoms with Gasteiger partial charge in [-0.1, -0.05) is 6.07 Å². The van der Waals surface area contributed by atoms with Gasteiger partial charge in [0.25, 0.3) is 5.91 Å². The minimum Gasteiger partial charge on any atom is -0.504 e. The molecule has 0 spiro atoms. The van der Waals surface area contributed by atoms with Crippen LogP contribution in [-0.4, -0.2) is 23.1 Å². The van der Waals surface area contributed by atoms with Crippen molar-refractivity contribution in [3.63, 3.8) is 0 Å². The zero-order valence-electron chi connectivity index (χ0n) is 12.1. The summed E-state index contributed by atoms with van der Waals surface area (Å²) in [6.07, 6.45) is 0. The number of carbonyl (C=O) groups is 1. The van der Waals surface area contributed by atoms with Crippen LogP contribution in [-0.2, 0) is 0 Å². The van der Waals surface area contributed by atoms with Crippen molar-refractivity contribution >= 4 is 33.1 Å². The highest BCUT2D eigenvalue weighted by Crippen LogP contribution is 2.30. The Kier molecular flexibility index (Phi) is 3.68. The van der Waals surface area contributed by atoms with Gasteiger partial charge in [0.15, 0.2) is 11.5 Å². The summed E-state index contributed by atoms with van der Waals surface area (Å²) in [5.41, 5.74) is 1.73. The molecule has 6 heteroatoms. The number of aryl methyl sites for hydroxylation is 1. The molecule has 0 bridgehead atoms. The Morgan fingerprint density at radius 3 is 2.91 bits per heavy atom. The Bertz CT molecular complexity index is 858. The Hall–Kier alpha value is -2.60. The van der Waals surface area contributed by atoms with E-state index in [1.807, 2.05) is 19.1 Å². The third-order valence-electron chi connectivity index (χ3n) is 3.22. The highest BCUT2D eigenvalue weighted by molar-refractivity contribution is 7.18. The summed E-state index contributed by atoms with van der Waals surface area (Å²) in [5, 5.41) is 13.8. The van der Waals surface area contributed by atoms with Crippen molar-refractivity contribution in [2.45, 2.75) is 6.92 Å². The molecule has 0 aliphatic rings. The van der Waals surface area contributed by atoms with Crippen LogP contribution in [0.1, 0.15) is 15.4 Å². The zero-order valence-corrected chi connectivity index (χ0v) is 12.9. The van der Waals surface area contributed by atoms with Crippen molar-refractivity contribution in [1.29, 1.82) is 0 Å². The highest BCUT2D eigenvalue weighted by atomic mass is 32.1. The second kappa shape index (κ2) is 5.65. The number of thiazole rings is 1. The van der Waals surface area contributed by atoms with Crippen LogP contribution in [0.3, 0.4) is 0 Å². The number of aromatic hydroxyl groups is 1. The van der Waals surface area contributed by atoms with Gasteiger partial charge in [-0.15, -0.1) is 11.3 Å². The first-order valence-electron chi connectivity index (χ1n) is 6.63. The number of rotatable bonds is 3. The zero-order chi connectivity index (χ0) is 15.7. The number of amides is 1. The van der Waals surface area contributed by atoms with E-state index in [-0.39, 0.29) is 17.1 Å². The lowest BCUT2D eigenvalue weighted by Gasteiger charge is -2.09. The normalized spacial score (nSPS) is 10.6. The van der Waals surface area contributed by atoms with Crippen molar-refractivity contribution in [3.8, 4) is 11.5 Å². The predicted molar refractivity (Wildman–Crippen MR) is 87.0 cm³/mol. The van der Waals surface area contributed by atoms with E-state index >= 15 is 0 Å². The number of aromatic nitrogens is 1. The van der Waals surface area contributed by atoms with E-state index in [9.17, 15) is 9.90 Å². The molecular weight excluding hydrogens is 300 g/mol. The maximum Gasteiger partial charge on any atom is 0.259 e. The van der Waals surface area contributed by atoms with Gasteiger partial charge in [-0.25, -0.2) is 4.98 Å². The largest absolute Gasteiger partial charge is 0.504 e. The summed E-state index contributed by atoms with van der Waals surface area (Å²) in [5.74, 6) is -0.296. The van der Waals surface area contributed by atoms with Crippen LogP contribution in [0.4, 0.5) is 5.69 Å². The fourth-order valence-electron chi connectivity index (χ4n) is 2.19. The van der Waals surface area contributed by atoms with Crippen LogP contribution < -0.4 is 10.1 Å². The van der Waals surface area contributed by atoms with Gasteiger partial charge in [0.1, 0.15) is 0 Å². The van der Waals surface area contributed by atoms with E-state index in [1.165, 1.54) is 7.11 Å². The molecule has 112 valence electrons. The van der Waals surface area contributed by atoms with Gasteiger partial charge in [-0.3, -0.25) is 4.79 Å². The number of phenolic OH excluding ortho intramolecular Hbond substituents is 1. The quantitative estimate of drug-likeness (QED) is 0.775. The fourth-order valence-corrected chi connectivity index (χ4v) is 3.05. The van der Waals surface area contributed by atoms with E-state index in [2.05, 4.69) is 10.3 Å². The Labute approximate surface area is 131 Å². The van der Waals surface area contributed by atoms with Crippen LogP contribution in [0, 0.1) is 6.92 Å². The fraction of sp³-hybridized carbons (Fsp3) is 0.125. The van der Waals surface area contributed by atoms with Gasteiger partial charge < -0.3 is 15.2 Å². The number of nitrogens with one attached hydrogen (secondary N) is 1. The summed E-state index contributed by atoms with van der Waals surface area (Å²) >= 11 is 1.57. The molecule has 2 aromatic carbocycles. The van der Waals surface area contributed by atoms with Gasteiger partial charge >= 0.3 is 0 Å². The lowest BCUT2D eigenvalue weighted by molar-refractivity contribution is 0.102. The average molecular weight is 314 g/mol. The number of nitrogens with zero attached hydrogens (tertiary/aromatic N) is 1. The SMILES string of the molecule is COc1cccc(C(=O)Nc2ccc3nc(C)sc3c2)c1O. The second-order valence-electron chi connectivity index (χ2n) is 4.73. The minimum atomic E-state index is -0.392. The number of ether oxygens (including phenoxy) is 1. The number of fused-ring (bicyclic) bond motifs is 1. The van der Waals surface area contributed by atoms with Crippen molar-refractivity contribution in [1.82, 2.24) is 4.98 Å². The molecule has 0 unspecified atom stereocenters. The highest BCUT2D eigenvalue weighted by Gasteiger charge is 2.15. The number of anilines is 1. The molecule has 0 aliphatic heterocycles. The third-order valence-corrected chi connectivity index (χ3v) is 4.15. The third kappa shape index (κ3) is 2.60. The molecule has 0 saturated heterocycles. The molecule has 3 rings (SSSR count). The number of phenols is 1. The lowest BCUT2D eigenvalue weighted by atomic mass is 10.1. The van der Waals surface area contributed by atoms with Crippen molar-refractivity contribution in [3.05, 3.63) is 47.0 Å². The first kappa shape index (κ1) is 14.3. The van der Waals surface area contributed by atoms with E-state index < -0.39 is 5.91 Å². The maximum absolute atomic E-state index is 12.3. The van der Waals surface area contributed by atoms with Crippen LogP contribution in [0.25, 0.3) is 10.2 Å². The minimum absolute atomic E-state index is 0.167. The van der Waals surface area contributed by atoms with E-state index in [1.54, 1.807) is 35.6 Å². The van der Waals surface area contributed by atoms with Crippen LogP contribution >= 0.6 is 11.3 Å². The Morgan fingerprint density at radius 2 is 2.14 bits per heavy atom. The molecule has 5 nitrogen and oxygen atoms in total. The smallest absolute Gasteiger partial charge is 0.259 e. The Balaban J connectivity index is 1.89. The topological polar surface area (TPSA) is 71.5 Å². The number of hydrogen-bond donors (Lipinski definition) is 2. The molecule has 0 aliphatic carbocycles. The number of methoxy groups -OCH3 is 1. The summed E-state index contributed by atoms with van der Waals surface area (Å²) in [6, 6.07) is 10.3. The molecule has 0 radical (unpaired) electrons. The number of para-hydroxylation sites is 1. The molecular formula is C16H14N2O3S. The van der Waals surface area contributed by atoms with Crippen molar-refractivity contribution in [2.75, 3.05) is 12.4 Å². The average Bonchev–Trinajstić information content (AvgIpc) is 2.86. The molecule has 0 fully saturated rings. The second-order valence-corrected chi connectivity index (χ2v) is 5.96. The van der Waals surface area contributed by atoms with E-state index in [0.717, 1.165) is 15.2 Å². The first-order chi connectivity index (χ1) is 10.6. The van der Waals surface area contributed by atoms with Gasteiger partial charge in [-0.2, -0.15) is 0 Å². The number of hydrogen-bond acceptors (Lipinski definition) is 5. The first-order valence-corrected chi connectivity index (χ1v) is 7.44. The molecule has 1 heterocycles. The van der Waals surface area contributed by atoms with E-state index in [4.69, 9.17) is 4.74 Å². The standard InChI is InChI=1S/C16H14N2O3S/c1-9-17-12-7-6-10(8-14(12)22-9)18-16(20)11-4-3-5-13(21-2)15(11)19/h3-8,19H,1-2H3,(H,18,20). The Morgan fingerprint density at radius 1 is 1.32 bits per heavy atom. The number of benzene rings is 2. The van der Waals surface area contributed by atoms with Crippen LogP contribution in [0.15, 0.2) is 36.4 Å². The molecule has 0 saturated carbocycles. The molecule has 3 aromatic rings. The van der Waals surface area contributed by atoms with Crippen molar-refractivity contribution in [2.24, 2.45) is 0 Å². The van der Waals surface area contributed by atoms with Crippen LogP contribution in [0.2, 0.25) is 0 Å². The summed E-state index contributed by atoms with van der Waals surface area (Å²) in [6.45, 7) is 1.94. The van der Waals surface area contributed by atoms with Gasteiger partial charge in [0, 0.05) is 5.69 Å². The van der Waals surface area contributed by atoms with Crippen LogP contribution in [0.5, 0.6) is 11.5 Å². The molecule has 22 heavy (non-hydrogen) atoms. The monoisotopic (exact) mass is 314 g/mol. The molecule has 1 aromatic heterocycles. The lowest BCUT2D eigenvalue weighted by Crippen LogP contribution is -2.12. The number of carbonyl (C=O) groups excluding carboxylic acids is 1. The van der Waals surface area contributed by atoms with Crippen molar-refractivity contribution < 1.29 is 14.6 Å². The van der Waals surface area contributed by atoms with Gasteiger partial charge in [0.2, 0.25) is 0 Å². The maximum atomic E-state index is 12.3. The van der Waals surface area contributed by atoms with Gasteiger partial charge in [0.05, 0.1) is 27.9 Å². The molecule has 1 amide bonds. The van der Waals surface area contributed by atoms with E-state index in [0.29, 0.717) is 5.69 Å². The summed E-state index contributed by atoms with van der Waals surface area (Å²) < 4.78 is 6.01. The summed E-state index contributed by atoms with van der Waals surface area (Å²) in [7, 11) is 1.44. The summed E-state index contributed by atoms with van der Waals surface area (Å²) in [4.78, 5) is 16.7. The predicted octanol–water partition coefficient (Wildman–Crippen LogP) is 3.57. The molecule has 0 atom stereocenters.